The molecule has 0 saturated carbocycles. The van der Waals surface area contributed by atoms with Crippen LogP contribution in [0.4, 0.5) is 4.79 Å². The Bertz CT molecular complexity index is 178. The van der Waals surface area contributed by atoms with Crippen LogP contribution >= 0.6 is 0 Å². The van der Waals surface area contributed by atoms with Crippen molar-refractivity contribution in [3.8, 4) is 0 Å². The highest BCUT2D eigenvalue weighted by Crippen LogP contribution is 2.01. The van der Waals surface area contributed by atoms with Gasteiger partial charge in [0.2, 0.25) is 0 Å². The van der Waals surface area contributed by atoms with E-state index in [9.17, 15) is 4.79 Å². The highest BCUT2D eigenvalue weighted by Gasteiger charge is 2.13. The zero-order valence-electron chi connectivity index (χ0n) is 8.36. The van der Waals surface area contributed by atoms with Crippen molar-refractivity contribution in [1.29, 1.82) is 0 Å². The van der Waals surface area contributed by atoms with Gasteiger partial charge in [-0.2, -0.15) is 4.99 Å². The van der Waals surface area contributed by atoms with Crippen LogP contribution in [0.25, 0.3) is 0 Å². The number of amides is 1. The van der Waals surface area contributed by atoms with E-state index in [0.717, 1.165) is 19.4 Å². The quantitative estimate of drug-likeness (QED) is 0.401. The van der Waals surface area contributed by atoms with E-state index in [0.29, 0.717) is 0 Å². The summed E-state index contributed by atoms with van der Waals surface area (Å²) in [4.78, 5) is 16.1. The summed E-state index contributed by atoms with van der Waals surface area (Å²) >= 11 is 0. The van der Waals surface area contributed by atoms with Crippen LogP contribution in [0.3, 0.4) is 0 Å². The molecule has 0 aliphatic carbocycles. The standard InChI is InChI=1S/C8H17N3O2/c1-4-11(5-2)7(3)13-8(12)10-6-9/h6-7H,4-5H2,1-3H3,(H2,9,10,12). The first-order valence-electron chi connectivity index (χ1n) is 4.34. The summed E-state index contributed by atoms with van der Waals surface area (Å²) in [5.41, 5.74) is 4.94. The zero-order chi connectivity index (χ0) is 10.3. The number of hydrogen-bond acceptors (Lipinski definition) is 3. The van der Waals surface area contributed by atoms with Gasteiger partial charge in [-0.3, -0.25) is 4.90 Å². The fraction of sp³-hybridized carbons (Fsp3) is 0.750. The van der Waals surface area contributed by atoms with E-state index in [1.54, 1.807) is 6.92 Å². The maximum Gasteiger partial charge on any atom is 0.436 e. The van der Waals surface area contributed by atoms with Gasteiger partial charge in [0.15, 0.2) is 6.23 Å². The molecule has 5 nitrogen and oxygen atoms in total. The van der Waals surface area contributed by atoms with E-state index in [1.807, 2.05) is 18.7 Å². The molecular weight excluding hydrogens is 170 g/mol. The third-order valence-electron chi connectivity index (χ3n) is 1.78. The van der Waals surface area contributed by atoms with Crippen molar-refractivity contribution in [2.24, 2.45) is 10.7 Å². The van der Waals surface area contributed by atoms with Gasteiger partial charge in [0.05, 0.1) is 6.34 Å². The molecule has 1 unspecified atom stereocenters. The lowest BCUT2D eigenvalue weighted by Crippen LogP contribution is -2.35. The van der Waals surface area contributed by atoms with E-state index in [4.69, 9.17) is 10.5 Å². The molecule has 0 fully saturated rings. The first-order chi connectivity index (χ1) is 6.15. The molecule has 13 heavy (non-hydrogen) atoms. The molecule has 0 aliphatic rings. The van der Waals surface area contributed by atoms with Crippen LogP contribution in [0, 0.1) is 0 Å². The number of hydrogen-bond donors (Lipinski definition) is 1. The molecule has 0 aromatic heterocycles. The van der Waals surface area contributed by atoms with Crippen LogP contribution in [0.1, 0.15) is 20.8 Å². The summed E-state index contributed by atoms with van der Waals surface area (Å²) in [6.07, 6.45) is 0.0187. The fourth-order valence-electron chi connectivity index (χ4n) is 1.05. The van der Waals surface area contributed by atoms with Gasteiger partial charge >= 0.3 is 6.09 Å². The zero-order valence-corrected chi connectivity index (χ0v) is 8.36. The van der Waals surface area contributed by atoms with Crippen LogP contribution in [-0.4, -0.2) is 36.6 Å². The average Bonchev–Trinajstić information content (AvgIpc) is 2.06. The predicted molar refractivity (Wildman–Crippen MR) is 51.5 cm³/mol. The molecule has 0 spiro atoms. The Labute approximate surface area is 78.6 Å². The van der Waals surface area contributed by atoms with Gasteiger partial charge in [-0.25, -0.2) is 4.79 Å². The molecule has 1 amide bonds. The Morgan fingerprint density at radius 3 is 2.54 bits per heavy atom. The number of rotatable bonds is 4. The lowest BCUT2D eigenvalue weighted by Gasteiger charge is -2.24. The largest absolute Gasteiger partial charge is 0.436 e. The summed E-state index contributed by atoms with van der Waals surface area (Å²) in [5, 5.41) is 0. The molecule has 0 saturated heterocycles. The molecule has 76 valence electrons. The van der Waals surface area contributed by atoms with Crippen LogP contribution in [0.5, 0.6) is 0 Å². The van der Waals surface area contributed by atoms with Crippen molar-refractivity contribution in [2.45, 2.75) is 27.0 Å². The third kappa shape index (κ3) is 4.47. The minimum atomic E-state index is -0.651. The Hall–Kier alpha value is -1.10. The van der Waals surface area contributed by atoms with Crippen molar-refractivity contribution in [2.75, 3.05) is 13.1 Å². The van der Waals surface area contributed by atoms with Crippen LogP contribution in [0.2, 0.25) is 0 Å². The smallest absolute Gasteiger partial charge is 0.429 e. The first-order valence-corrected chi connectivity index (χ1v) is 4.34. The molecule has 1 atom stereocenters. The Morgan fingerprint density at radius 2 is 2.15 bits per heavy atom. The Morgan fingerprint density at radius 1 is 1.62 bits per heavy atom. The van der Waals surface area contributed by atoms with Gasteiger partial charge in [0.1, 0.15) is 0 Å². The lowest BCUT2D eigenvalue weighted by molar-refractivity contribution is 0.00945. The molecule has 0 aliphatic heterocycles. The fourth-order valence-corrected chi connectivity index (χ4v) is 1.05. The second kappa shape index (κ2) is 6.42. The Kier molecular flexibility index (Phi) is 5.88. The van der Waals surface area contributed by atoms with Gasteiger partial charge in [-0.1, -0.05) is 13.8 Å². The van der Waals surface area contributed by atoms with Crippen molar-refractivity contribution in [3.05, 3.63) is 0 Å². The molecule has 0 radical (unpaired) electrons. The summed E-state index contributed by atoms with van der Waals surface area (Å²) in [7, 11) is 0. The van der Waals surface area contributed by atoms with Gasteiger partial charge < -0.3 is 10.5 Å². The average molecular weight is 187 g/mol. The number of ether oxygens (including phenoxy) is 1. The first kappa shape index (κ1) is 11.9. The Balaban J connectivity index is 3.97. The summed E-state index contributed by atoms with van der Waals surface area (Å²) in [6, 6.07) is 0. The molecule has 0 aromatic rings. The molecule has 2 N–H and O–H groups in total. The number of carbonyl (C=O) groups excluding carboxylic acids is 1. The highest BCUT2D eigenvalue weighted by molar-refractivity contribution is 5.77. The maximum absolute atomic E-state index is 10.9. The van der Waals surface area contributed by atoms with Crippen LogP contribution in [0.15, 0.2) is 4.99 Å². The second-order valence-corrected chi connectivity index (χ2v) is 2.48. The maximum atomic E-state index is 10.9. The molecule has 0 bridgehead atoms. The molecule has 0 heterocycles. The van der Waals surface area contributed by atoms with Crippen LogP contribution < -0.4 is 5.73 Å². The van der Waals surface area contributed by atoms with E-state index >= 15 is 0 Å². The SMILES string of the molecule is CCN(CC)C(C)OC(=O)N=CN. The van der Waals surface area contributed by atoms with E-state index in [-0.39, 0.29) is 6.23 Å². The van der Waals surface area contributed by atoms with Gasteiger partial charge in [0, 0.05) is 0 Å². The highest BCUT2D eigenvalue weighted by atomic mass is 16.6. The van der Waals surface area contributed by atoms with Gasteiger partial charge in [-0.05, 0) is 20.0 Å². The second-order valence-electron chi connectivity index (χ2n) is 2.48. The van der Waals surface area contributed by atoms with Gasteiger partial charge in [-0.15, -0.1) is 0 Å². The van der Waals surface area contributed by atoms with Crippen molar-refractivity contribution >= 4 is 12.4 Å². The van der Waals surface area contributed by atoms with Crippen LogP contribution in [-0.2, 0) is 4.74 Å². The molecule has 0 aromatic carbocycles. The molecular formula is C8H17N3O2. The number of aliphatic imine (C=N–C) groups is 1. The van der Waals surface area contributed by atoms with E-state index in [2.05, 4.69) is 4.99 Å². The minimum absolute atomic E-state index is 0.258. The van der Waals surface area contributed by atoms with Crippen molar-refractivity contribution in [3.63, 3.8) is 0 Å². The predicted octanol–water partition coefficient (Wildman–Crippen LogP) is 0.798. The molecule has 0 rings (SSSR count). The number of nitrogens with zero attached hydrogens (tertiary/aromatic N) is 2. The van der Waals surface area contributed by atoms with Crippen molar-refractivity contribution < 1.29 is 9.53 Å². The summed E-state index contributed by atoms with van der Waals surface area (Å²) < 4.78 is 4.94. The lowest BCUT2D eigenvalue weighted by atomic mass is 10.4. The normalized spacial score (nSPS) is 13.5. The van der Waals surface area contributed by atoms with Gasteiger partial charge in [0.25, 0.3) is 0 Å². The molecule has 5 heteroatoms. The van der Waals surface area contributed by atoms with E-state index in [1.165, 1.54) is 0 Å². The topological polar surface area (TPSA) is 67.9 Å². The summed E-state index contributed by atoms with van der Waals surface area (Å²) in [5.74, 6) is 0. The number of nitrogens with two attached hydrogens (primary N) is 1. The minimum Gasteiger partial charge on any atom is -0.429 e. The van der Waals surface area contributed by atoms with Crippen molar-refractivity contribution in [1.82, 2.24) is 4.90 Å². The summed E-state index contributed by atoms with van der Waals surface area (Å²) in [6.45, 7) is 7.46. The third-order valence-corrected chi connectivity index (χ3v) is 1.78. The number of carbonyl (C=O) groups is 1. The monoisotopic (exact) mass is 187 g/mol. The van der Waals surface area contributed by atoms with E-state index < -0.39 is 6.09 Å².